The number of nitrogens with two attached hydrogens (primary N) is 1. The zero-order valence-corrected chi connectivity index (χ0v) is 12.4. The second-order valence-corrected chi connectivity index (χ2v) is 6.01. The van der Waals surface area contributed by atoms with Gasteiger partial charge in [-0.3, -0.25) is 4.79 Å². The molecular formula is C11H14ClFN2O4S. The summed E-state index contributed by atoms with van der Waals surface area (Å²) in [5, 5.41) is 6.87. The average molecular weight is 325 g/mol. The van der Waals surface area contributed by atoms with Crippen molar-refractivity contribution in [3.05, 3.63) is 28.5 Å². The number of carbonyl (C=O) groups excluding carboxylic acids is 1. The largest absolute Gasteiger partial charge is 0.380 e. The molecule has 0 radical (unpaired) electrons. The van der Waals surface area contributed by atoms with Crippen LogP contribution >= 0.6 is 11.6 Å². The summed E-state index contributed by atoms with van der Waals surface area (Å²) in [7, 11) is -2.67. The van der Waals surface area contributed by atoms with Crippen LogP contribution in [0.1, 0.15) is 17.3 Å². The van der Waals surface area contributed by atoms with Crippen LogP contribution in [0.15, 0.2) is 17.0 Å². The van der Waals surface area contributed by atoms with Crippen molar-refractivity contribution >= 4 is 27.5 Å². The molecule has 0 bridgehead atoms. The first-order valence-corrected chi connectivity index (χ1v) is 7.42. The number of methoxy groups -OCH3 is 1. The van der Waals surface area contributed by atoms with Gasteiger partial charge in [-0.15, -0.1) is 0 Å². The summed E-state index contributed by atoms with van der Waals surface area (Å²) in [6.45, 7) is 1.87. The van der Waals surface area contributed by atoms with Crippen molar-refractivity contribution < 1.29 is 22.3 Å². The molecule has 1 atom stereocenters. The van der Waals surface area contributed by atoms with Crippen LogP contribution in [-0.4, -0.2) is 34.1 Å². The maximum atomic E-state index is 13.5. The van der Waals surface area contributed by atoms with Gasteiger partial charge >= 0.3 is 0 Å². The highest BCUT2D eigenvalue weighted by molar-refractivity contribution is 7.89. The Morgan fingerprint density at radius 1 is 1.55 bits per heavy atom. The molecule has 1 amide bonds. The van der Waals surface area contributed by atoms with Crippen LogP contribution in [-0.2, 0) is 14.8 Å². The molecule has 0 saturated carbocycles. The van der Waals surface area contributed by atoms with E-state index >= 15 is 0 Å². The van der Waals surface area contributed by atoms with Gasteiger partial charge in [0, 0.05) is 13.7 Å². The fourth-order valence-electron chi connectivity index (χ4n) is 1.31. The Morgan fingerprint density at radius 3 is 2.65 bits per heavy atom. The number of hydrogen-bond donors (Lipinski definition) is 2. The third-order valence-corrected chi connectivity index (χ3v) is 3.80. The molecule has 6 nitrogen and oxygen atoms in total. The minimum Gasteiger partial charge on any atom is -0.380 e. The molecule has 1 unspecified atom stereocenters. The lowest BCUT2D eigenvalue weighted by molar-refractivity contribution is 0.0870. The first-order valence-electron chi connectivity index (χ1n) is 5.49. The highest BCUT2D eigenvalue weighted by atomic mass is 35.5. The Balaban J connectivity index is 3.11. The van der Waals surface area contributed by atoms with Crippen LogP contribution in [0.5, 0.6) is 0 Å². The Labute approximate surface area is 121 Å². The lowest BCUT2D eigenvalue weighted by Gasteiger charge is -2.12. The van der Waals surface area contributed by atoms with E-state index in [1.165, 1.54) is 7.11 Å². The molecule has 3 N–H and O–H groups in total. The molecule has 0 aliphatic rings. The number of carbonyl (C=O) groups is 1. The number of rotatable bonds is 5. The topological polar surface area (TPSA) is 98.5 Å². The van der Waals surface area contributed by atoms with Crippen molar-refractivity contribution in [3.8, 4) is 0 Å². The molecule has 9 heteroatoms. The quantitative estimate of drug-likeness (QED) is 0.840. The van der Waals surface area contributed by atoms with E-state index < -0.39 is 31.7 Å². The lowest BCUT2D eigenvalue weighted by atomic mass is 10.2. The Morgan fingerprint density at radius 2 is 2.15 bits per heavy atom. The highest BCUT2D eigenvalue weighted by Crippen LogP contribution is 2.23. The number of primary sulfonamides is 1. The maximum absolute atomic E-state index is 13.5. The monoisotopic (exact) mass is 324 g/mol. The van der Waals surface area contributed by atoms with Gasteiger partial charge in [-0.1, -0.05) is 11.6 Å². The normalized spacial score (nSPS) is 13.1. The first kappa shape index (κ1) is 16.8. The summed E-state index contributed by atoms with van der Waals surface area (Å²) in [6, 6.07) is 1.58. The zero-order chi connectivity index (χ0) is 15.5. The Hall–Kier alpha value is -1.22. The van der Waals surface area contributed by atoms with Crippen molar-refractivity contribution in [3.63, 3.8) is 0 Å². The summed E-state index contributed by atoms with van der Waals surface area (Å²) in [5.41, 5.74) is -0.306. The minimum absolute atomic E-state index is 0.160. The lowest BCUT2D eigenvalue weighted by Crippen LogP contribution is -2.32. The first-order chi connectivity index (χ1) is 9.16. The number of ether oxygens (including phenoxy) is 1. The third-order valence-electron chi connectivity index (χ3n) is 2.53. The van der Waals surface area contributed by atoms with E-state index in [4.69, 9.17) is 21.5 Å². The summed E-state index contributed by atoms with van der Waals surface area (Å²) in [6.07, 6.45) is -0.260. The predicted molar refractivity (Wildman–Crippen MR) is 71.6 cm³/mol. The molecule has 0 aliphatic carbocycles. The number of benzene rings is 1. The predicted octanol–water partition coefficient (Wildman–Crippen LogP) is 0.891. The van der Waals surface area contributed by atoms with Crippen molar-refractivity contribution in [2.24, 2.45) is 5.14 Å². The second kappa shape index (κ2) is 6.49. The van der Waals surface area contributed by atoms with Crippen LogP contribution in [0.25, 0.3) is 0 Å². The SMILES string of the molecule is COC(C)CNC(=O)c1cc(S(N)(=O)=O)cc(F)c1Cl. The average Bonchev–Trinajstić information content (AvgIpc) is 2.37. The van der Waals surface area contributed by atoms with Gasteiger partial charge in [-0.25, -0.2) is 17.9 Å². The van der Waals surface area contributed by atoms with Gasteiger partial charge in [0.1, 0.15) is 5.82 Å². The van der Waals surface area contributed by atoms with Crippen LogP contribution in [0.4, 0.5) is 4.39 Å². The highest BCUT2D eigenvalue weighted by Gasteiger charge is 2.20. The number of halogens is 2. The standard InChI is InChI=1S/C11H14ClFN2O4S/c1-6(19-2)5-15-11(16)8-3-7(20(14,17)18)4-9(13)10(8)12/h3-4,6H,5H2,1-2H3,(H,15,16)(H2,14,17,18). The summed E-state index contributed by atoms with van der Waals surface area (Å²) in [5.74, 6) is -1.76. The van der Waals surface area contributed by atoms with E-state index in [9.17, 15) is 17.6 Å². The number of sulfonamides is 1. The molecule has 20 heavy (non-hydrogen) atoms. The van der Waals surface area contributed by atoms with Crippen LogP contribution in [0.3, 0.4) is 0 Å². The van der Waals surface area contributed by atoms with E-state index in [2.05, 4.69) is 5.32 Å². The summed E-state index contributed by atoms with van der Waals surface area (Å²) >= 11 is 5.66. The molecule has 0 aliphatic heterocycles. The van der Waals surface area contributed by atoms with Crippen molar-refractivity contribution in [1.82, 2.24) is 5.32 Å². The maximum Gasteiger partial charge on any atom is 0.253 e. The zero-order valence-electron chi connectivity index (χ0n) is 10.8. The van der Waals surface area contributed by atoms with Gasteiger partial charge in [-0.2, -0.15) is 0 Å². The fourth-order valence-corrected chi connectivity index (χ4v) is 2.05. The van der Waals surface area contributed by atoms with Crippen LogP contribution < -0.4 is 10.5 Å². The van der Waals surface area contributed by atoms with E-state index in [1.807, 2.05) is 0 Å². The van der Waals surface area contributed by atoms with E-state index in [0.29, 0.717) is 6.07 Å². The molecule has 0 fully saturated rings. The van der Waals surface area contributed by atoms with E-state index in [1.54, 1.807) is 6.92 Å². The van der Waals surface area contributed by atoms with Crippen LogP contribution in [0.2, 0.25) is 5.02 Å². The van der Waals surface area contributed by atoms with Crippen LogP contribution in [0, 0.1) is 5.82 Å². The van der Waals surface area contributed by atoms with Gasteiger partial charge in [0.2, 0.25) is 10.0 Å². The molecular weight excluding hydrogens is 311 g/mol. The smallest absolute Gasteiger partial charge is 0.253 e. The minimum atomic E-state index is -4.14. The van der Waals surface area contributed by atoms with Gasteiger partial charge < -0.3 is 10.1 Å². The van der Waals surface area contributed by atoms with Gasteiger partial charge in [0.25, 0.3) is 5.91 Å². The molecule has 112 valence electrons. The Bertz CT molecular complexity index is 621. The molecule has 0 aromatic heterocycles. The third kappa shape index (κ3) is 4.14. The molecule has 0 heterocycles. The van der Waals surface area contributed by atoms with E-state index in [-0.39, 0.29) is 18.2 Å². The van der Waals surface area contributed by atoms with Crippen molar-refractivity contribution in [1.29, 1.82) is 0 Å². The van der Waals surface area contributed by atoms with Gasteiger partial charge in [0.15, 0.2) is 0 Å². The van der Waals surface area contributed by atoms with Gasteiger partial charge in [-0.05, 0) is 19.1 Å². The number of nitrogens with one attached hydrogen (secondary N) is 1. The molecule has 1 rings (SSSR count). The van der Waals surface area contributed by atoms with Gasteiger partial charge in [0.05, 0.1) is 21.6 Å². The molecule has 0 spiro atoms. The summed E-state index contributed by atoms with van der Waals surface area (Å²) in [4.78, 5) is 11.3. The second-order valence-electron chi connectivity index (χ2n) is 4.07. The van der Waals surface area contributed by atoms with Crippen molar-refractivity contribution in [2.45, 2.75) is 17.9 Å². The summed E-state index contributed by atoms with van der Waals surface area (Å²) < 4.78 is 40.9. The Kier molecular flexibility index (Phi) is 5.46. The molecule has 1 aromatic rings. The fraction of sp³-hybridized carbons (Fsp3) is 0.364. The molecule has 0 saturated heterocycles. The number of hydrogen-bond acceptors (Lipinski definition) is 4. The van der Waals surface area contributed by atoms with Crippen molar-refractivity contribution in [2.75, 3.05) is 13.7 Å². The van der Waals surface area contributed by atoms with E-state index in [0.717, 1.165) is 6.07 Å². The number of amides is 1. The molecule has 1 aromatic carbocycles.